The first-order valence-corrected chi connectivity index (χ1v) is 8.26. The SMILES string of the molecule is CCNC(=NCc1ccc(C)cc1OC)NCc1cc(CC)no1. The Morgan fingerprint density at radius 2 is 2.08 bits per heavy atom. The third-order valence-corrected chi connectivity index (χ3v) is 3.59. The van der Waals surface area contributed by atoms with Crippen molar-refractivity contribution >= 4 is 5.96 Å². The summed E-state index contributed by atoms with van der Waals surface area (Å²) >= 11 is 0. The fourth-order valence-electron chi connectivity index (χ4n) is 2.26. The van der Waals surface area contributed by atoms with Crippen LogP contribution in [0, 0.1) is 6.92 Å². The smallest absolute Gasteiger partial charge is 0.191 e. The van der Waals surface area contributed by atoms with Crippen LogP contribution in [0.4, 0.5) is 0 Å². The molecule has 6 nitrogen and oxygen atoms in total. The first-order valence-electron chi connectivity index (χ1n) is 8.26. The monoisotopic (exact) mass is 330 g/mol. The van der Waals surface area contributed by atoms with Gasteiger partial charge >= 0.3 is 0 Å². The second-order valence-corrected chi connectivity index (χ2v) is 5.50. The van der Waals surface area contributed by atoms with Gasteiger partial charge in [0.15, 0.2) is 11.7 Å². The predicted octanol–water partition coefficient (Wildman–Crippen LogP) is 2.81. The Labute approximate surface area is 143 Å². The summed E-state index contributed by atoms with van der Waals surface area (Å²) in [5.41, 5.74) is 3.17. The van der Waals surface area contributed by atoms with Gasteiger partial charge in [-0.05, 0) is 31.9 Å². The number of hydrogen-bond acceptors (Lipinski definition) is 4. The Morgan fingerprint density at radius 1 is 1.25 bits per heavy atom. The van der Waals surface area contributed by atoms with Crippen molar-refractivity contribution in [1.29, 1.82) is 0 Å². The molecule has 0 saturated carbocycles. The lowest BCUT2D eigenvalue weighted by atomic mass is 10.1. The third kappa shape index (κ3) is 5.01. The quantitative estimate of drug-likeness (QED) is 0.603. The van der Waals surface area contributed by atoms with Crippen molar-refractivity contribution in [1.82, 2.24) is 15.8 Å². The van der Waals surface area contributed by atoms with Crippen molar-refractivity contribution in [3.63, 3.8) is 0 Å². The van der Waals surface area contributed by atoms with Crippen LogP contribution in [0.3, 0.4) is 0 Å². The van der Waals surface area contributed by atoms with E-state index in [0.29, 0.717) is 13.1 Å². The average Bonchev–Trinajstić information content (AvgIpc) is 3.06. The highest BCUT2D eigenvalue weighted by atomic mass is 16.5. The van der Waals surface area contributed by atoms with Gasteiger partial charge < -0.3 is 19.9 Å². The van der Waals surface area contributed by atoms with Crippen LogP contribution >= 0.6 is 0 Å². The molecule has 1 heterocycles. The van der Waals surface area contributed by atoms with E-state index in [1.165, 1.54) is 5.56 Å². The third-order valence-electron chi connectivity index (χ3n) is 3.59. The Bertz CT molecular complexity index is 679. The molecule has 0 spiro atoms. The molecule has 2 N–H and O–H groups in total. The lowest BCUT2D eigenvalue weighted by molar-refractivity contribution is 0.374. The highest BCUT2D eigenvalue weighted by Gasteiger charge is 2.06. The van der Waals surface area contributed by atoms with Crippen LogP contribution in [0.1, 0.15) is 36.4 Å². The van der Waals surface area contributed by atoms with Crippen molar-refractivity contribution in [3.05, 3.63) is 46.8 Å². The maximum atomic E-state index is 5.43. The Morgan fingerprint density at radius 3 is 2.75 bits per heavy atom. The zero-order valence-electron chi connectivity index (χ0n) is 14.8. The summed E-state index contributed by atoms with van der Waals surface area (Å²) in [4.78, 5) is 4.62. The lowest BCUT2D eigenvalue weighted by Gasteiger charge is -2.11. The molecule has 0 aliphatic carbocycles. The van der Waals surface area contributed by atoms with Crippen LogP contribution in [-0.2, 0) is 19.5 Å². The van der Waals surface area contributed by atoms with Crippen molar-refractivity contribution in [2.75, 3.05) is 13.7 Å². The van der Waals surface area contributed by atoms with Crippen LogP contribution in [-0.4, -0.2) is 24.8 Å². The van der Waals surface area contributed by atoms with Gasteiger partial charge in [0.05, 0.1) is 25.9 Å². The summed E-state index contributed by atoms with van der Waals surface area (Å²) in [5, 5.41) is 10.5. The van der Waals surface area contributed by atoms with E-state index in [0.717, 1.165) is 41.7 Å². The minimum Gasteiger partial charge on any atom is -0.496 e. The summed E-state index contributed by atoms with van der Waals surface area (Å²) in [6.45, 7) is 8.00. The first-order chi connectivity index (χ1) is 11.7. The molecule has 0 aliphatic rings. The molecule has 0 saturated heterocycles. The fourth-order valence-corrected chi connectivity index (χ4v) is 2.26. The second-order valence-electron chi connectivity index (χ2n) is 5.50. The number of nitrogens with zero attached hydrogens (tertiary/aromatic N) is 2. The molecule has 24 heavy (non-hydrogen) atoms. The van der Waals surface area contributed by atoms with E-state index in [4.69, 9.17) is 9.26 Å². The molecule has 0 bridgehead atoms. The van der Waals surface area contributed by atoms with E-state index in [1.54, 1.807) is 7.11 Å². The zero-order chi connectivity index (χ0) is 17.4. The highest BCUT2D eigenvalue weighted by Crippen LogP contribution is 2.20. The molecule has 1 aromatic heterocycles. The molecule has 0 atom stereocenters. The fraction of sp³-hybridized carbons (Fsp3) is 0.444. The van der Waals surface area contributed by atoms with Gasteiger partial charge in [0.25, 0.3) is 0 Å². The van der Waals surface area contributed by atoms with Gasteiger partial charge in [-0.3, -0.25) is 0 Å². The summed E-state index contributed by atoms with van der Waals surface area (Å²) < 4.78 is 10.7. The molecular weight excluding hydrogens is 304 g/mol. The van der Waals surface area contributed by atoms with E-state index in [1.807, 2.05) is 32.0 Å². The minimum atomic E-state index is 0.537. The van der Waals surface area contributed by atoms with E-state index in [9.17, 15) is 0 Å². The van der Waals surface area contributed by atoms with Crippen LogP contribution in [0.15, 0.2) is 33.8 Å². The van der Waals surface area contributed by atoms with Crippen LogP contribution in [0.25, 0.3) is 0 Å². The topological polar surface area (TPSA) is 71.7 Å². The molecule has 0 aliphatic heterocycles. The minimum absolute atomic E-state index is 0.537. The number of guanidine groups is 1. The van der Waals surface area contributed by atoms with Gasteiger partial charge in [0.2, 0.25) is 0 Å². The molecule has 2 aromatic rings. The van der Waals surface area contributed by atoms with Gasteiger partial charge in [-0.1, -0.05) is 24.2 Å². The maximum absolute atomic E-state index is 5.43. The van der Waals surface area contributed by atoms with E-state index in [-0.39, 0.29) is 0 Å². The van der Waals surface area contributed by atoms with Gasteiger partial charge in [-0.2, -0.15) is 0 Å². The van der Waals surface area contributed by atoms with Gasteiger partial charge in [-0.15, -0.1) is 0 Å². The van der Waals surface area contributed by atoms with E-state index >= 15 is 0 Å². The van der Waals surface area contributed by atoms with E-state index < -0.39 is 0 Å². The number of hydrogen-bond donors (Lipinski definition) is 2. The molecule has 1 aromatic carbocycles. The number of aliphatic imine (C=N–C) groups is 1. The molecule has 6 heteroatoms. The molecular formula is C18H26N4O2. The van der Waals surface area contributed by atoms with Crippen molar-refractivity contribution in [3.8, 4) is 5.75 Å². The molecule has 130 valence electrons. The number of aromatic nitrogens is 1. The molecule has 0 radical (unpaired) electrons. The number of aryl methyl sites for hydroxylation is 2. The van der Waals surface area contributed by atoms with E-state index in [2.05, 4.69) is 33.8 Å². The summed E-state index contributed by atoms with van der Waals surface area (Å²) in [6, 6.07) is 8.09. The van der Waals surface area contributed by atoms with Crippen molar-refractivity contribution in [2.24, 2.45) is 4.99 Å². The normalized spacial score (nSPS) is 11.4. The zero-order valence-corrected chi connectivity index (χ0v) is 14.8. The first kappa shape index (κ1) is 17.8. The lowest BCUT2D eigenvalue weighted by Crippen LogP contribution is -2.36. The molecule has 0 fully saturated rings. The molecule has 0 unspecified atom stereocenters. The maximum Gasteiger partial charge on any atom is 0.191 e. The molecule has 2 rings (SSSR count). The molecule has 0 amide bonds. The number of ether oxygens (including phenoxy) is 1. The number of rotatable bonds is 7. The van der Waals surface area contributed by atoms with Gasteiger partial charge in [-0.25, -0.2) is 4.99 Å². The predicted molar refractivity (Wildman–Crippen MR) is 95.3 cm³/mol. The number of methoxy groups -OCH3 is 1. The average molecular weight is 330 g/mol. The Hall–Kier alpha value is -2.50. The Kier molecular flexibility index (Phi) is 6.66. The highest BCUT2D eigenvalue weighted by molar-refractivity contribution is 5.79. The van der Waals surface area contributed by atoms with Gasteiger partial charge in [0, 0.05) is 18.2 Å². The number of nitrogens with one attached hydrogen (secondary N) is 2. The summed E-state index contributed by atoms with van der Waals surface area (Å²) in [7, 11) is 1.68. The standard InChI is InChI=1S/C18H26N4O2/c1-5-15-10-16(24-22-15)12-21-18(19-6-2)20-11-14-8-7-13(3)9-17(14)23-4/h7-10H,5-6,11-12H2,1-4H3,(H2,19,20,21). The second kappa shape index (κ2) is 8.96. The number of benzene rings is 1. The van der Waals surface area contributed by atoms with Crippen LogP contribution in [0.2, 0.25) is 0 Å². The van der Waals surface area contributed by atoms with Crippen LogP contribution in [0.5, 0.6) is 5.75 Å². The van der Waals surface area contributed by atoms with Crippen molar-refractivity contribution in [2.45, 2.75) is 40.3 Å². The summed E-state index contributed by atoms with van der Waals surface area (Å²) in [6.07, 6.45) is 0.866. The van der Waals surface area contributed by atoms with Crippen molar-refractivity contribution < 1.29 is 9.26 Å². The Balaban J connectivity index is 2.02. The van der Waals surface area contributed by atoms with Gasteiger partial charge in [0.1, 0.15) is 5.75 Å². The summed E-state index contributed by atoms with van der Waals surface area (Å²) in [5.74, 6) is 2.39. The largest absolute Gasteiger partial charge is 0.496 e. The van der Waals surface area contributed by atoms with Crippen LogP contribution < -0.4 is 15.4 Å².